The molecule has 16 bridgehead atoms. The van der Waals surface area contributed by atoms with E-state index in [0.717, 1.165) is 156 Å². The van der Waals surface area contributed by atoms with Crippen LogP contribution >= 0.6 is 0 Å². The molecule has 0 spiro atoms. The van der Waals surface area contributed by atoms with Gasteiger partial charge in [0.1, 0.15) is 0 Å². The smallest absolute Gasteiger partial charge is 0.657 e. The molecular weight excluding hydrogens is 1210 g/mol. The van der Waals surface area contributed by atoms with Crippen molar-refractivity contribution in [1.29, 1.82) is 0 Å². The maximum atomic E-state index is 5.98. The predicted molar refractivity (Wildman–Crippen MR) is 371 cm³/mol. The summed E-state index contributed by atoms with van der Waals surface area (Å²) in [6.07, 6.45) is 16.9. The van der Waals surface area contributed by atoms with Crippen LogP contribution in [-0.4, -0.2) is 19.9 Å². The molecule has 438 valence electrons. The first kappa shape index (κ1) is 57.2. The Kier molecular flexibility index (Phi) is 15.1. The van der Waals surface area contributed by atoms with Crippen LogP contribution in [0.5, 0.6) is 0 Å². The maximum Gasteiger partial charge on any atom is 2.00 e. The van der Waals surface area contributed by atoms with Gasteiger partial charge in [0.25, 0.3) is 0 Å². The Morgan fingerprint density at radius 2 is 0.380 bits per heavy atom. The van der Waals surface area contributed by atoms with E-state index in [1.54, 1.807) is 0 Å². The summed E-state index contributed by atoms with van der Waals surface area (Å²) in [5, 5.41) is 0. The molecule has 10 heterocycles. The van der Waals surface area contributed by atoms with Crippen LogP contribution in [0.1, 0.15) is 45.6 Å². The zero-order valence-electron chi connectivity index (χ0n) is 49.1. The summed E-state index contributed by atoms with van der Waals surface area (Å²) in [6, 6.07) is 88.0. The molecule has 8 nitrogen and oxygen atoms in total. The van der Waals surface area contributed by atoms with Gasteiger partial charge in [-0.25, -0.2) is 19.9 Å². The summed E-state index contributed by atoms with van der Waals surface area (Å²) in [4.78, 5) is 45.4. The average Bonchev–Trinajstić information content (AvgIpc) is 1.64. The van der Waals surface area contributed by atoms with Crippen LogP contribution in [0.3, 0.4) is 0 Å². The molecular formula is C82H50N8Ni2. The van der Waals surface area contributed by atoms with Gasteiger partial charge in [0, 0.05) is 0 Å². The Morgan fingerprint density at radius 1 is 0.185 bits per heavy atom. The van der Waals surface area contributed by atoms with Gasteiger partial charge in [-0.1, -0.05) is 255 Å². The maximum absolute atomic E-state index is 5.98. The minimum atomic E-state index is 0. The molecule has 0 radical (unpaired) electrons. The minimum absolute atomic E-state index is 0. The third-order valence-electron chi connectivity index (χ3n) is 17.0. The molecule has 0 saturated carbocycles. The second-order valence-corrected chi connectivity index (χ2v) is 22.5. The predicted octanol–water partition coefficient (Wildman–Crippen LogP) is 19.5. The first-order valence-corrected chi connectivity index (χ1v) is 30.2. The van der Waals surface area contributed by atoms with Crippen LogP contribution in [0.25, 0.3) is 182 Å². The van der Waals surface area contributed by atoms with Crippen molar-refractivity contribution in [3.63, 3.8) is 0 Å². The fraction of sp³-hybridized carbons (Fsp3) is 0. The summed E-state index contributed by atoms with van der Waals surface area (Å²) in [7, 11) is 0. The van der Waals surface area contributed by atoms with Crippen molar-refractivity contribution in [2.24, 2.45) is 0 Å². The largest absolute Gasteiger partial charge is 2.00 e. The zero-order valence-corrected chi connectivity index (χ0v) is 51.1. The molecule has 10 heteroatoms. The van der Waals surface area contributed by atoms with Crippen LogP contribution in [0, 0.1) is 0 Å². The average molecular weight is 1260 g/mol. The molecule has 6 aromatic heterocycles. The SMILES string of the molecule is C1=Cc2nc1c(-c1ccccc1)c1ccc([n-]1)c(-c1ccccc1)c1nc(c(-c3cc4[n-]c3c(-c3ccccc3)c3nc(c(-c5ccccc5)c5ccc([n-]5)c(-c5ccccc5)c5nc(c4-c4ccccc4)C=C5)C=C3)c3ccc([n-]3)c2-c2ccccc2)C=C1.[Ni+2].[Ni+2]. The Balaban J connectivity index is 0.00000351. The van der Waals surface area contributed by atoms with E-state index >= 15 is 0 Å². The van der Waals surface area contributed by atoms with Crippen molar-refractivity contribution in [2.75, 3.05) is 0 Å². The molecule has 4 aliphatic rings. The van der Waals surface area contributed by atoms with Crippen LogP contribution < -0.4 is 19.9 Å². The first-order valence-electron chi connectivity index (χ1n) is 30.2. The summed E-state index contributed by atoms with van der Waals surface area (Å²) in [6.45, 7) is 0. The van der Waals surface area contributed by atoms with E-state index in [2.05, 4.69) is 261 Å². The second kappa shape index (κ2) is 24.3. The molecule has 0 atom stereocenters. The molecule has 13 aromatic rings. The molecule has 0 unspecified atom stereocenters. The molecule has 0 fully saturated rings. The third-order valence-corrected chi connectivity index (χ3v) is 17.0. The Bertz CT molecular complexity index is 5460. The number of aromatic nitrogens is 8. The molecule has 7 aromatic carbocycles. The standard InChI is InChI=1S/C82H50N8.2Ni/c1-8-22-51(23-9-1)74-59-37-40-63(84-59)77(54-28-14-4-15-29-54)67-45-48-71(88-67)81(72-49-46-68(89-72)78(55-30-16-5-17-31-55)64-41-38-60(74)85-64)58-50-73-79(56-32-18-6-19-33-56)69-43-42-65(86-69)75(52-24-10-2-11-25-52)61-36-39-62(83-61)76(53-26-12-3-13-27-53)66-44-47-70(87-66)80(82(58)90-73)57-34-20-7-21-35-57;;/h1-50H;;/q-4;2*+2. The molecule has 0 N–H and O–H groups in total. The van der Waals surface area contributed by atoms with E-state index in [-0.39, 0.29) is 33.0 Å². The van der Waals surface area contributed by atoms with Crippen molar-refractivity contribution < 1.29 is 33.0 Å². The van der Waals surface area contributed by atoms with E-state index in [1.165, 1.54) is 0 Å². The van der Waals surface area contributed by atoms with Crippen LogP contribution in [0.15, 0.2) is 255 Å². The van der Waals surface area contributed by atoms with E-state index in [9.17, 15) is 0 Å². The summed E-state index contributed by atoms with van der Waals surface area (Å²) in [5.74, 6) is 0. The number of benzene rings is 7. The molecule has 4 aliphatic heterocycles. The van der Waals surface area contributed by atoms with Gasteiger partial charge in [-0.05, 0) is 138 Å². The number of hydrogen-bond donors (Lipinski definition) is 0. The van der Waals surface area contributed by atoms with Crippen molar-refractivity contribution in [2.45, 2.75) is 0 Å². The van der Waals surface area contributed by atoms with Gasteiger partial charge in [-0.15, -0.1) is 44.1 Å². The van der Waals surface area contributed by atoms with E-state index in [4.69, 9.17) is 39.9 Å². The molecule has 92 heavy (non-hydrogen) atoms. The Morgan fingerprint density at radius 3 is 0.630 bits per heavy atom. The van der Waals surface area contributed by atoms with Crippen LogP contribution in [-0.2, 0) is 33.0 Å². The number of fused-ring (bicyclic) bond motifs is 16. The number of rotatable bonds is 8. The van der Waals surface area contributed by atoms with Crippen molar-refractivity contribution in [3.8, 4) is 89.0 Å². The monoisotopic (exact) mass is 1260 g/mol. The second-order valence-electron chi connectivity index (χ2n) is 22.5. The molecule has 0 amide bonds. The quantitative estimate of drug-likeness (QED) is 0.138. The Labute approximate surface area is 551 Å². The van der Waals surface area contributed by atoms with Crippen molar-refractivity contribution in [1.82, 2.24) is 39.9 Å². The van der Waals surface area contributed by atoms with Crippen molar-refractivity contribution in [3.05, 3.63) is 300 Å². The normalized spacial score (nSPS) is 12.0. The number of nitrogens with zero attached hydrogens (tertiary/aromatic N) is 8. The van der Waals surface area contributed by atoms with Gasteiger partial charge in [0.15, 0.2) is 0 Å². The topological polar surface area (TPSA) is 108 Å². The van der Waals surface area contributed by atoms with E-state index in [1.807, 2.05) is 42.5 Å². The van der Waals surface area contributed by atoms with Gasteiger partial charge in [0.2, 0.25) is 0 Å². The number of hydrogen-bond acceptors (Lipinski definition) is 4. The van der Waals surface area contributed by atoms with E-state index in [0.29, 0.717) is 22.2 Å². The fourth-order valence-electron chi connectivity index (χ4n) is 13.0. The third kappa shape index (κ3) is 10.2. The molecule has 0 aliphatic carbocycles. The first-order chi connectivity index (χ1) is 44.6. The summed E-state index contributed by atoms with van der Waals surface area (Å²) >= 11 is 0. The van der Waals surface area contributed by atoms with Gasteiger partial charge < -0.3 is 19.9 Å². The summed E-state index contributed by atoms with van der Waals surface area (Å²) in [5.41, 5.74) is 26.9. The minimum Gasteiger partial charge on any atom is -0.657 e. The van der Waals surface area contributed by atoms with Gasteiger partial charge in [-0.2, -0.15) is 0 Å². The molecule has 17 rings (SSSR count). The summed E-state index contributed by atoms with van der Waals surface area (Å²) < 4.78 is 0. The van der Waals surface area contributed by atoms with Gasteiger partial charge >= 0.3 is 33.0 Å². The fourth-order valence-corrected chi connectivity index (χ4v) is 13.0. The molecule has 0 saturated heterocycles. The zero-order chi connectivity index (χ0) is 59.5. The Hall–Kier alpha value is -11.3. The van der Waals surface area contributed by atoms with Crippen LogP contribution in [0.2, 0.25) is 0 Å². The van der Waals surface area contributed by atoms with Crippen molar-refractivity contribution >= 4 is 92.7 Å². The van der Waals surface area contributed by atoms with Crippen LogP contribution in [0.4, 0.5) is 0 Å². The van der Waals surface area contributed by atoms with Gasteiger partial charge in [-0.3, -0.25) is 0 Å². The van der Waals surface area contributed by atoms with Gasteiger partial charge in [0.05, 0.1) is 45.6 Å². The van der Waals surface area contributed by atoms with E-state index < -0.39 is 0 Å².